The summed E-state index contributed by atoms with van der Waals surface area (Å²) in [5.74, 6) is -1.40. The van der Waals surface area contributed by atoms with Crippen LogP contribution in [0, 0.1) is 6.92 Å². The summed E-state index contributed by atoms with van der Waals surface area (Å²) >= 11 is 5.83. The van der Waals surface area contributed by atoms with Crippen LogP contribution in [0.4, 0.5) is 0 Å². The SMILES string of the molecule is CCC(CC)(NC(=O)c1ccc(Cl)cc1C)C(=O)O. The zero-order valence-corrected chi connectivity index (χ0v) is 12.0. The van der Waals surface area contributed by atoms with E-state index < -0.39 is 11.5 Å². The molecule has 2 N–H and O–H groups in total. The number of hydrogen-bond donors (Lipinski definition) is 2. The van der Waals surface area contributed by atoms with E-state index in [2.05, 4.69) is 5.32 Å². The number of benzene rings is 1. The Morgan fingerprint density at radius 2 is 1.89 bits per heavy atom. The highest BCUT2D eigenvalue weighted by molar-refractivity contribution is 6.30. The molecular weight excluding hydrogens is 266 g/mol. The molecule has 0 spiro atoms. The minimum absolute atomic E-state index is 0.331. The van der Waals surface area contributed by atoms with Gasteiger partial charge in [0.05, 0.1) is 0 Å². The number of halogens is 1. The van der Waals surface area contributed by atoms with Crippen molar-refractivity contribution >= 4 is 23.5 Å². The smallest absolute Gasteiger partial charge is 0.329 e. The molecule has 4 nitrogen and oxygen atoms in total. The summed E-state index contributed by atoms with van der Waals surface area (Å²) in [6.45, 7) is 5.25. The standard InChI is InChI=1S/C14H18ClNO3/c1-4-14(5-2,13(18)19)16-12(17)11-7-6-10(15)8-9(11)3/h6-8H,4-5H2,1-3H3,(H,16,17)(H,18,19). The second-order valence-corrected chi connectivity index (χ2v) is 4.94. The van der Waals surface area contributed by atoms with Gasteiger partial charge in [-0.2, -0.15) is 0 Å². The third-order valence-electron chi connectivity index (χ3n) is 3.40. The summed E-state index contributed by atoms with van der Waals surface area (Å²) in [4.78, 5) is 23.6. The number of aliphatic carboxylic acids is 1. The molecular formula is C14H18ClNO3. The van der Waals surface area contributed by atoms with Crippen LogP contribution in [0.25, 0.3) is 0 Å². The van der Waals surface area contributed by atoms with Gasteiger partial charge in [-0.15, -0.1) is 0 Å². The maximum Gasteiger partial charge on any atom is 0.329 e. The number of rotatable bonds is 5. The lowest BCUT2D eigenvalue weighted by Gasteiger charge is -2.28. The topological polar surface area (TPSA) is 66.4 Å². The van der Waals surface area contributed by atoms with Crippen molar-refractivity contribution in [3.8, 4) is 0 Å². The van der Waals surface area contributed by atoms with Gasteiger partial charge >= 0.3 is 5.97 Å². The molecule has 0 atom stereocenters. The lowest BCUT2D eigenvalue weighted by Crippen LogP contribution is -2.53. The van der Waals surface area contributed by atoms with Crippen molar-refractivity contribution in [1.29, 1.82) is 0 Å². The molecule has 0 heterocycles. The highest BCUT2D eigenvalue weighted by Crippen LogP contribution is 2.19. The van der Waals surface area contributed by atoms with Gasteiger partial charge in [-0.3, -0.25) is 4.79 Å². The van der Waals surface area contributed by atoms with Gasteiger partial charge in [0.15, 0.2) is 0 Å². The lowest BCUT2D eigenvalue weighted by atomic mass is 9.92. The van der Waals surface area contributed by atoms with Crippen LogP contribution in [0.5, 0.6) is 0 Å². The molecule has 1 aromatic carbocycles. The molecule has 0 saturated heterocycles. The summed E-state index contributed by atoms with van der Waals surface area (Å²) in [7, 11) is 0. The Labute approximate surface area is 117 Å². The summed E-state index contributed by atoms with van der Waals surface area (Å²) < 4.78 is 0. The van der Waals surface area contributed by atoms with Crippen molar-refractivity contribution in [2.45, 2.75) is 39.2 Å². The highest BCUT2D eigenvalue weighted by Gasteiger charge is 2.36. The van der Waals surface area contributed by atoms with Gasteiger partial charge in [0, 0.05) is 10.6 Å². The minimum atomic E-state index is -1.22. The molecule has 0 aliphatic heterocycles. The van der Waals surface area contributed by atoms with Gasteiger partial charge in [0.1, 0.15) is 5.54 Å². The van der Waals surface area contributed by atoms with Gasteiger partial charge in [-0.1, -0.05) is 25.4 Å². The Morgan fingerprint density at radius 3 is 2.32 bits per heavy atom. The molecule has 5 heteroatoms. The quantitative estimate of drug-likeness (QED) is 0.873. The van der Waals surface area contributed by atoms with Gasteiger partial charge in [0.2, 0.25) is 0 Å². The summed E-state index contributed by atoms with van der Waals surface area (Å²) in [6, 6.07) is 4.89. The number of amides is 1. The van der Waals surface area contributed by atoms with E-state index in [1.165, 1.54) is 0 Å². The average Bonchev–Trinajstić information content (AvgIpc) is 2.35. The van der Waals surface area contributed by atoms with Crippen LogP contribution < -0.4 is 5.32 Å². The van der Waals surface area contributed by atoms with Crippen LogP contribution in [0.15, 0.2) is 18.2 Å². The first-order valence-electron chi connectivity index (χ1n) is 6.18. The zero-order chi connectivity index (χ0) is 14.6. The van der Waals surface area contributed by atoms with Crippen LogP contribution in [0.1, 0.15) is 42.6 Å². The first kappa shape index (κ1) is 15.5. The Balaban J connectivity index is 3.04. The first-order chi connectivity index (χ1) is 8.86. The molecule has 0 aliphatic rings. The summed E-state index contributed by atoms with van der Waals surface area (Å²) in [5.41, 5.74) is -0.0585. The molecule has 1 rings (SSSR count). The number of hydrogen-bond acceptors (Lipinski definition) is 2. The van der Waals surface area contributed by atoms with Crippen LogP contribution in [-0.2, 0) is 4.79 Å². The summed E-state index contributed by atoms with van der Waals surface area (Å²) in [5, 5.41) is 12.5. The van der Waals surface area contributed by atoms with Gasteiger partial charge in [-0.25, -0.2) is 4.79 Å². The Morgan fingerprint density at radius 1 is 1.32 bits per heavy atom. The van der Waals surface area contributed by atoms with Crippen molar-refractivity contribution in [3.63, 3.8) is 0 Å². The molecule has 0 fully saturated rings. The lowest BCUT2D eigenvalue weighted by molar-refractivity contribution is -0.144. The number of nitrogens with one attached hydrogen (secondary N) is 1. The number of carbonyl (C=O) groups excluding carboxylic acids is 1. The monoisotopic (exact) mass is 283 g/mol. The predicted molar refractivity (Wildman–Crippen MR) is 74.6 cm³/mol. The number of carboxylic acids is 1. The third-order valence-corrected chi connectivity index (χ3v) is 3.64. The fourth-order valence-electron chi connectivity index (χ4n) is 1.95. The third kappa shape index (κ3) is 3.26. The molecule has 19 heavy (non-hydrogen) atoms. The Hall–Kier alpha value is -1.55. The van der Waals surface area contributed by atoms with E-state index in [9.17, 15) is 14.7 Å². The van der Waals surface area contributed by atoms with Crippen LogP contribution in [0.2, 0.25) is 5.02 Å². The Bertz CT molecular complexity index is 495. The van der Waals surface area contributed by atoms with Gasteiger partial charge < -0.3 is 10.4 Å². The van der Waals surface area contributed by atoms with E-state index in [0.717, 1.165) is 5.56 Å². The first-order valence-corrected chi connectivity index (χ1v) is 6.56. The van der Waals surface area contributed by atoms with Crippen LogP contribution in [-0.4, -0.2) is 22.5 Å². The van der Waals surface area contributed by atoms with Crippen molar-refractivity contribution in [2.24, 2.45) is 0 Å². The van der Waals surface area contributed by atoms with Crippen molar-refractivity contribution < 1.29 is 14.7 Å². The second kappa shape index (κ2) is 6.06. The number of carboxylic acid groups (broad SMARTS) is 1. The molecule has 0 aliphatic carbocycles. The average molecular weight is 284 g/mol. The number of carbonyl (C=O) groups is 2. The maximum absolute atomic E-state index is 12.2. The highest BCUT2D eigenvalue weighted by atomic mass is 35.5. The predicted octanol–water partition coefficient (Wildman–Crippen LogP) is 3.02. The summed E-state index contributed by atoms with van der Waals surface area (Å²) in [6.07, 6.45) is 0.661. The van der Waals surface area contributed by atoms with Gasteiger partial charge in [-0.05, 0) is 43.5 Å². The van der Waals surface area contributed by atoms with Crippen molar-refractivity contribution in [3.05, 3.63) is 34.3 Å². The molecule has 1 amide bonds. The van der Waals surface area contributed by atoms with Crippen molar-refractivity contribution in [1.82, 2.24) is 5.32 Å². The Kier molecular flexibility index (Phi) is 4.95. The molecule has 0 aromatic heterocycles. The van der Waals surface area contributed by atoms with E-state index in [1.807, 2.05) is 0 Å². The molecule has 0 unspecified atom stereocenters. The minimum Gasteiger partial charge on any atom is -0.480 e. The van der Waals surface area contributed by atoms with E-state index >= 15 is 0 Å². The maximum atomic E-state index is 12.2. The van der Waals surface area contributed by atoms with Gasteiger partial charge in [0.25, 0.3) is 5.91 Å². The van der Waals surface area contributed by atoms with E-state index in [1.54, 1.807) is 39.0 Å². The second-order valence-electron chi connectivity index (χ2n) is 4.51. The van der Waals surface area contributed by atoms with Crippen LogP contribution in [0.3, 0.4) is 0 Å². The fraction of sp³-hybridized carbons (Fsp3) is 0.429. The molecule has 1 aromatic rings. The molecule has 0 radical (unpaired) electrons. The normalized spacial score (nSPS) is 11.2. The van der Waals surface area contributed by atoms with E-state index in [4.69, 9.17) is 11.6 Å². The molecule has 104 valence electrons. The molecule has 0 saturated carbocycles. The molecule has 0 bridgehead atoms. The van der Waals surface area contributed by atoms with E-state index in [-0.39, 0.29) is 5.91 Å². The van der Waals surface area contributed by atoms with Crippen molar-refractivity contribution in [2.75, 3.05) is 0 Å². The zero-order valence-electron chi connectivity index (χ0n) is 11.3. The largest absolute Gasteiger partial charge is 0.480 e. The van der Waals surface area contributed by atoms with E-state index in [0.29, 0.717) is 23.4 Å². The number of aryl methyl sites for hydroxylation is 1. The van der Waals surface area contributed by atoms with Crippen LogP contribution >= 0.6 is 11.6 Å². The fourth-order valence-corrected chi connectivity index (χ4v) is 2.18.